The first-order valence-corrected chi connectivity index (χ1v) is 5.96. The molecule has 0 N–H and O–H groups in total. The van der Waals surface area contributed by atoms with Crippen molar-refractivity contribution in [2.24, 2.45) is 0 Å². The molecule has 0 saturated carbocycles. The second-order valence-electron chi connectivity index (χ2n) is 2.42. The van der Waals surface area contributed by atoms with Crippen molar-refractivity contribution >= 4 is 7.60 Å². The zero-order chi connectivity index (χ0) is 9.73. The number of rotatable bonds is 5. The van der Waals surface area contributed by atoms with Gasteiger partial charge in [-0.15, -0.1) is 0 Å². The molecule has 78 valence electrons. The summed E-state index contributed by atoms with van der Waals surface area (Å²) in [6.07, 6.45) is 0. The zero-order valence-electron chi connectivity index (χ0n) is 7.89. The Labute approximate surface area is 77.8 Å². The Hall–Kier alpha value is 0.0700. The van der Waals surface area contributed by atoms with Gasteiger partial charge in [0.1, 0.15) is 0 Å². The minimum Gasteiger partial charge on any atom is -0.340 e. The maximum absolute atomic E-state index is 11.9. The van der Waals surface area contributed by atoms with Crippen molar-refractivity contribution in [3.8, 4) is 0 Å². The Morgan fingerprint density at radius 1 is 1.23 bits per heavy atom. The van der Waals surface area contributed by atoms with Gasteiger partial charge in [-0.3, -0.25) is 4.57 Å². The van der Waals surface area contributed by atoms with Crippen LogP contribution in [0, 0.1) is 0 Å². The fourth-order valence-electron chi connectivity index (χ4n) is 1.05. The number of hydrogen-bond donors (Lipinski definition) is 0. The van der Waals surface area contributed by atoms with Crippen molar-refractivity contribution in [2.45, 2.75) is 19.9 Å². The smallest absolute Gasteiger partial charge is 0.340 e. The molecule has 5 nitrogen and oxygen atoms in total. The van der Waals surface area contributed by atoms with Crippen LogP contribution in [0.3, 0.4) is 0 Å². The third kappa shape index (κ3) is 2.76. The zero-order valence-corrected chi connectivity index (χ0v) is 8.79. The van der Waals surface area contributed by atoms with E-state index in [9.17, 15) is 4.57 Å². The molecule has 0 atom stereocenters. The van der Waals surface area contributed by atoms with Gasteiger partial charge in [-0.25, -0.2) is 0 Å². The van der Waals surface area contributed by atoms with Gasteiger partial charge < -0.3 is 18.5 Å². The molecule has 0 aromatic rings. The van der Waals surface area contributed by atoms with Gasteiger partial charge in [-0.05, 0) is 13.8 Å². The average Bonchev–Trinajstić information content (AvgIpc) is 2.57. The summed E-state index contributed by atoms with van der Waals surface area (Å²) in [6.45, 7) is 5.02. The molecule has 6 heteroatoms. The first-order chi connectivity index (χ1) is 6.23. The third-order valence-corrected chi connectivity index (χ3v) is 3.53. The lowest BCUT2D eigenvalue weighted by Crippen LogP contribution is -2.13. The highest BCUT2D eigenvalue weighted by molar-refractivity contribution is 7.54. The second-order valence-corrected chi connectivity index (χ2v) is 4.44. The molecular weight excluding hydrogens is 195 g/mol. The predicted molar refractivity (Wildman–Crippen MR) is 46.6 cm³/mol. The van der Waals surface area contributed by atoms with E-state index in [0.29, 0.717) is 26.4 Å². The third-order valence-electron chi connectivity index (χ3n) is 1.48. The van der Waals surface area contributed by atoms with Crippen LogP contribution in [0.5, 0.6) is 0 Å². The summed E-state index contributed by atoms with van der Waals surface area (Å²) in [5, 5.41) is 0. The molecule has 0 radical (unpaired) electrons. The van der Waals surface area contributed by atoms with E-state index in [1.807, 2.05) is 0 Å². The Balaban J connectivity index is 2.58. The highest BCUT2D eigenvalue weighted by Gasteiger charge is 2.40. The molecule has 0 bridgehead atoms. The Bertz CT molecular complexity index is 179. The summed E-state index contributed by atoms with van der Waals surface area (Å²) in [6, 6.07) is -0.840. The van der Waals surface area contributed by atoms with Crippen LogP contribution in [0.25, 0.3) is 0 Å². The van der Waals surface area contributed by atoms with E-state index in [1.54, 1.807) is 13.8 Å². The molecule has 0 aromatic heterocycles. The summed E-state index contributed by atoms with van der Waals surface area (Å²) in [5.74, 6) is 0. The average molecular weight is 210 g/mol. The van der Waals surface area contributed by atoms with Crippen LogP contribution < -0.4 is 0 Å². The van der Waals surface area contributed by atoms with Crippen LogP contribution in [-0.2, 0) is 23.1 Å². The van der Waals surface area contributed by atoms with Crippen LogP contribution in [-0.4, -0.2) is 32.5 Å². The summed E-state index contributed by atoms with van der Waals surface area (Å²) in [4.78, 5) is 0. The fourth-order valence-corrected chi connectivity index (χ4v) is 2.66. The van der Waals surface area contributed by atoms with Gasteiger partial charge in [-0.1, -0.05) is 0 Å². The lowest BCUT2D eigenvalue weighted by atomic mass is 10.8. The molecule has 1 saturated heterocycles. The monoisotopic (exact) mass is 210 g/mol. The summed E-state index contributed by atoms with van der Waals surface area (Å²) in [5.41, 5.74) is 0. The van der Waals surface area contributed by atoms with Crippen molar-refractivity contribution in [1.29, 1.82) is 0 Å². The van der Waals surface area contributed by atoms with Crippen LogP contribution in [0.1, 0.15) is 13.8 Å². The first-order valence-electron chi connectivity index (χ1n) is 4.35. The quantitative estimate of drug-likeness (QED) is 0.645. The molecule has 1 aliphatic rings. The molecular formula is C7H15O5P. The SMILES string of the molecule is CCOP(=O)(OCC)C1OCCO1. The normalized spacial score (nSPS) is 19.5. The highest BCUT2D eigenvalue weighted by Crippen LogP contribution is 2.54. The van der Waals surface area contributed by atoms with Crippen LogP contribution in [0.15, 0.2) is 0 Å². The minimum absolute atomic E-state index is 0.320. The van der Waals surface area contributed by atoms with Gasteiger partial charge >= 0.3 is 7.60 Å². The largest absolute Gasteiger partial charge is 0.386 e. The Morgan fingerprint density at radius 2 is 1.69 bits per heavy atom. The van der Waals surface area contributed by atoms with Crippen LogP contribution in [0.2, 0.25) is 0 Å². The first kappa shape index (κ1) is 11.1. The van der Waals surface area contributed by atoms with Gasteiger partial charge in [-0.2, -0.15) is 0 Å². The van der Waals surface area contributed by atoms with E-state index in [1.165, 1.54) is 0 Å². The van der Waals surface area contributed by atoms with Crippen LogP contribution in [0.4, 0.5) is 0 Å². The van der Waals surface area contributed by atoms with Crippen molar-refractivity contribution in [2.75, 3.05) is 26.4 Å². The molecule has 1 rings (SSSR count). The molecule has 0 amide bonds. The molecule has 1 heterocycles. The van der Waals surface area contributed by atoms with Crippen molar-refractivity contribution < 1.29 is 23.1 Å². The fraction of sp³-hybridized carbons (Fsp3) is 1.00. The van der Waals surface area contributed by atoms with Gasteiger partial charge in [0, 0.05) is 0 Å². The van der Waals surface area contributed by atoms with Crippen LogP contribution >= 0.6 is 7.60 Å². The predicted octanol–water partition coefficient (Wildman–Crippen LogP) is 1.58. The van der Waals surface area contributed by atoms with Gasteiger partial charge in [0.2, 0.25) is 0 Å². The molecule has 0 spiro atoms. The maximum atomic E-state index is 11.9. The van der Waals surface area contributed by atoms with Gasteiger partial charge in [0.15, 0.2) is 0 Å². The van der Waals surface area contributed by atoms with E-state index in [2.05, 4.69) is 0 Å². The molecule has 1 aliphatic heterocycles. The van der Waals surface area contributed by atoms with E-state index in [4.69, 9.17) is 18.5 Å². The van der Waals surface area contributed by atoms with Crippen molar-refractivity contribution in [3.05, 3.63) is 0 Å². The maximum Gasteiger partial charge on any atom is 0.386 e. The molecule has 13 heavy (non-hydrogen) atoms. The van der Waals surface area contributed by atoms with Crippen molar-refractivity contribution in [3.63, 3.8) is 0 Å². The molecule has 0 aliphatic carbocycles. The van der Waals surface area contributed by atoms with Gasteiger partial charge in [0.05, 0.1) is 26.4 Å². The molecule has 1 fully saturated rings. The Kier molecular flexibility index (Phi) is 4.35. The summed E-state index contributed by atoms with van der Waals surface area (Å²) >= 11 is 0. The van der Waals surface area contributed by atoms with E-state index in [0.717, 1.165) is 0 Å². The van der Waals surface area contributed by atoms with E-state index in [-0.39, 0.29) is 0 Å². The lowest BCUT2D eigenvalue weighted by molar-refractivity contribution is -0.00517. The Morgan fingerprint density at radius 3 is 2.08 bits per heavy atom. The number of hydrogen-bond acceptors (Lipinski definition) is 5. The second kappa shape index (κ2) is 5.08. The van der Waals surface area contributed by atoms with E-state index < -0.39 is 13.6 Å². The number of ether oxygens (including phenoxy) is 2. The van der Waals surface area contributed by atoms with Crippen molar-refractivity contribution in [1.82, 2.24) is 0 Å². The molecule has 0 unspecified atom stereocenters. The summed E-state index contributed by atoms with van der Waals surface area (Å²) in [7, 11) is -3.21. The lowest BCUT2D eigenvalue weighted by Gasteiger charge is -2.20. The standard InChI is InChI=1S/C7H15O5P/c1-3-11-13(8,12-4-2)7-9-5-6-10-7/h7H,3-6H2,1-2H3. The minimum atomic E-state index is -3.21. The van der Waals surface area contributed by atoms with E-state index >= 15 is 0 Å². The highest BCUT2D eigenvalue weighted by atomic mass is 31.2. The topological polar surface area (TPSA) is 54.0 Å². The van der Waals surface area contributed by atoms with Gasteiger partial charge in [0.25, 0.3) is 6.03 Å². The summed E-state index contributed by atoms with van der Waals surface area (Å²) < 4.78 is 32.2. The molecule has 0 aromatic carbocycles.